The van der Waals surface area contributed by atoms with Crippen molar-refractivity contribution < 1.29 is 14.4 Å². The number of hydrogen-bond donors (Lipinski definition) is 1. The first-order valence-corrected chi connectivity index (χ1v) is 9.55. The Labute approximate surface area is 152 Å². The molecular weight excluding hydrogens is 311 g/mol. The lowest BCUT2D eigenvalue weighted by atomic mass is 9.74. The van der Waals surface area contributed by atoms with Gasteiger partial charge in [0.2, 0.25) is 0 Å². The molecule has 3 rings (SSSR count). The first kappa shape index (κ1) is 18.7. The minimum absolute atomic E-state index is 0.287. The van der Waals surface area contributed by atoms with Crippen molar-refractivity contribution in [2.24, 2.45) is 5.92 Å². The third-order valence-electron chi connectivity index (χ3n) is 6.00. The molecule has 3 nitrogen and oxygen atoms in total. The van der Waals surface area contributed by atoms with Crippen molar-refractivity contribution in [2.75, 3.05) is 0 Å². The SMILES string of the molecule is CCC/C(=C\B1OC(C)(C)C(C)(C)O1)C(O)(c1ccccc1)C1CC1. The minimum atomic E-state index is -0.916. The third-order valence-corrected chi connectivity index (χ3v) is 6.00. The van der Waals surface area contributed by atoms with Gasteiger partial charge in [-0.2, -0.15) is 0 Å². The number of rotatable bonds is 6. The molecule has 0 aromatic heterocycles. The lowest BCUT2D eigenvalue weighted by Gasteiger charge is -2.32. The van der Waals surface area contributed by atoms with Gasteiger partial charge in [-0.1, -0.05) is 49.7 Å². The molecule has 2 aliphatic rings. The lowest BCUT2D eigenvalue weighted by Crippen LogP contribution is -2.41. The van der Waals surface area contributed by atoms with Crippen LogP contribution in [0.2, 0.25) is 0 Å². The van der Waals surface area contributed by atoms with Crippen LogP contribution in [0.15, 0.2) is 41.9 Å². The van der Waals surface area contributed by atoms with Crippen LogP contribution >= 0.6 is 0 Å². The summed E-state index contributed by atoms with van der Waals surface area (Å²) in [7, 11) is -0.416. The summed E-state index contributed by atoms with van der Waals surface area (Å²) >= 11 is 0. The fourth-order valence-corrected chi connectivity index (χ4v) is 3.67. The molecule has 1 N–H and O–H groups in total. The highest BCUT2D eigenvalue weighted by atomic mass is 16.7. The van der Waals surface area contributed by atoms with Gasteiger partial charge >= 0.3 is 7.12 Å². The fourth-order valence-electron chi connectivity index (χ4n) is 3.67. The molecule has 1 aromatic carbocycles. The summed E-state index contributed by atoms with van der Waals surface area (Å²) < 4.78 is 12.3. The second-order valence-electron chi connectivity index (χ2n) is 8.47. The summed E-state index contributed by atoms with van der Waals surface area (Å²) in [4.78, 5) is 0. The van der Waals surface area contributed by atoms with E-state index in [0.717, 1.165) is 36.8 Å². The molecule has 0 bridgehead atoms. The highest BCUT2D eigenvalue weighted by Gasteiger charge is 2.52. The van der Waals surface area contributed by atoms with E-state index in [1.807, 2.05) is 36.3 Å². The van der Waals surface area contributed by atoms with Gasteiger partial charge in [-0.3, -0.25) is 0 Å². The maximum Gasteiger partial charge on any atom is 0.487 e. The molecule has 0 spiro atoms. The van der Waals surface area contributed by atoms with E-state index in [1.54, 1.807) is 0 Å². The van der Waals surface area contributed by atoms with E-state index < -0.39 is 12.7 Å². The Morgan fingerprint density at radius 2 is 1.72 bits per heavy atom. The van der Waals surface area contributed by atoms with Crippen LogP contribution in [0.1, 0.15) is 65.9 Å². The minimum Gasteiger partial charge on any atom is -0.400 e. The summed E-state index contributed by atoms with van der Waals surface area (Å²) in [5.74, 6) is 2.32. The van der Waals surface area contributed by atoms with Crippen molar-refractivity contribution in [2.45, 2.75) is 77.1 Å². The van der Waals surface area contributed by atoms with Crippen LogP contribution in [-0.4, -0.2) is 23.4 Å². The van der Waals surface area contributed by atoms with Gasteiger partial charge in [-0.25, -0.2) is 0 Å². The Hall–Kier alpha value is -1.10. The van der Waals surface area contributed by atoms with Gasteiger partial charge in [-0.15, -0.1) is 0 Å². The molecule has 1 aliphatic carbocycles. The first-order chi connectivity index (χ1) is 11.7. The summed E-state index contributed by atoms with van der Waals surface area (Å²) in [6, 6.07) is 10.1. The third kappa shape index (κ3) is 3.44. The summed E-state index contributed by atoms with van der Waals surface area (Å²) in [6.45, 7) is 10.4. The maximum absolute atomic E-state index is 11.8. The second kappa shape index (κ2) is 6.57. The van der Waals surface area contributed by atoms with Crippen LogP contribution in [0.3, 0.4) is 0 Å². The summed E-state index contributed by atoms with van der Waals surface area (Å²) in [6.07, 6.45) is 3.95. The Bertz CT molecular complexity index is 618. The van der Waals surface area contributed by atoms with E-state index in [4.69, 9.17) is 9.31 Å². The molecule has 1 saturated heterocycles. The van der Waals surface area contributed by atoms with E-state index in [9.17, 15) is 5.11 Å². The fraction of sp³-hybridized carbons (Fsp3) is 0.619. The quantitative estimate of drug-likeness (QED) is 0.766. The largest absolute Gasteiger partial charge is 0.487 e. The predicted molar refractivity (Wildman–Crippen MR) is 102 cm³/mol. The van der Waals surface area contributed by atoms with Crippen LogP contribution in [0, 0.1) is 5.92 Å². The highest BCUT2D eigenvalue weighted by Crippen LogP contribution is 2.51. The Kier molecular flexibility index (Phi) is 4.91. The summed E-state index contributed by atoms with van der Waals surface area (Å²) in [5, 5.41) is 11.8. The van der Waals surface area contributed by atoms with Crippen molar-refractivity contribution in [1.82, 2.24) is 0 Å². The average molecular weight is 342 g/mol. The topological polar surface area (TPSA) is 38.7 Å². The first-order valence-electron chi connectivity index (χ1n) is 9.55. The molecule has 1 atom stereocenters. The lowest BCUT2D eigenvalue weighted by molar-refractivity contribution is 0.00578. The normalized spacial score (nSPS) is 25.0. The van der Waals surface area contributed by atoms with Gasteiger partial charge in [0.05, 0.1) is 11.2 Å². The van der Waals surface area contributed by atoms with Crippen LogP contribution < -0.4 is 0 Å². The number of benzene rings is 1. The molecule has 0 amide bonds. The van der Waals surface area contributed by atoms with Crippen LogP contribution in [-0.2, 0) is 14.9 Å². The van der Waals surface area contributed by atoms with E-state index in [-0.39, 0.29) is 17.1 Å². The van der Waals surface area contributed by atoms with Crippen molar-refractivity contribution in [1.29, 1.82) is 0 Å². The van der Waals surface area contributed by atoms with Crippen LogP contribution in [0.5, 0.6) is 0 Å². The molecule has 1 aromatic rings. The van der Waals surface area contributed by atoms with E-state index >= 15 is 0 Å². The Balaban J connectivity index is 1.97. The summed E-state index contributed by atoms with van der Waals surface area (Å²) in [5.41, 5.74) is 0.364. The Morgan fingerprint density at radius 3 is 2.20 bits per heavy atom. The van der Waals surface area contributed by atoms with E-state index in [1.165, 1.54) is 0 Å². The van der Waals surface area contributed by atoms with Crippen molar-refractivity contribution in [3.63, 3.8) is 0 Å². The van der Waals surface area contributed by atoms with Crippen molar-refractivity contribution in [3.8, 4) is 0 Å². The van der Waals surface area contributed by atoms with Crippen molar-refractivity contribution in [3.05, 3.63) is 47.4 Å². The highest BCUT2D eigenvalue weighted by molar-refractivity contribution is 6.51. The monoisotopic (exact) mass is 342 g/mol. The van der Waals surface area contributed by atoms with Gasteiger partial charge in [0.15, 0.2) is 0 Å². The average Bonchev–Trinajstić information content (AvgIpc) is 3.36. The van der Waals surface area contributed by atoms with Gasteiger partial charge in [0, 0.05) is 0 Å². The molecule has 1 heterocycles. The second-order valence-corrected chi connectivity index (χ2v) is 8.47. The molecule has 0 radical (unpaired) electrons. The van der Waals surface area contributed by atoms with Gasteiger partial charge in [0.25, 0.3) is 0 Å². The zero-order valence-electron chi connectivity index (χ0n) is 16.2. The van der Waals surface area contributed by atoms with Gasteiger partial charge < -0.3 is 14.4 Å². The molecule has 1 unspecified atom stereocenters. The Morgan fingerprint density at radius 1 is 1.16 bits per heavy atom. The predicted octanol–water partition coefficient (Wildman–Crippen LogP) is 4.64. The van der Waals surface area contributed by atoms with Crippen LogP contribution in [0.4, 0.5) is 0 Å². The van der Waals surface area contributed by atoms with Gasteiger partial charge in [0.1, 0.15) is 5.60 Å². The van der Waals surface area contributed by atoms with E-state index in [2.05, 4.69) is 34.6 Å². The molecule has 136 valence electrons. The number of hydrogen-bond acceptors (Lipinski definition) is 3. The molecular formula is C21H31BO3. The molecule has 1 aliphatic heterocycles. The van der Waals surface area contributed by atoms with Crippen LogP contribution in [0.25, 0.3) is 0 Å². The molecule has 25 heavy (non-hydrogen) atoms. The molecule has 2 fully saturated rings. The zero-order chi connectivity index (χ0) is 18.3. The standard InChI is InChI=1S/C21H31BO3/c1-6-10-18(15-22-24-19(2,3)20(4,5)25-22)21(23,17-13-14-17)16-11-8-7-9-12-16/h7-9,11-12,15,17,23H,6,10,13-14H2,1-5H3/b18-15+. The van der Waals surface area contributed by atoms with Gasteiger partial charge in [-0.05, 0) is 64.0 Å². The van der Waals surface area contributed by atoms with E-state index in [0.29, 0.717) is 0 Å². The smallest absolute Gasteiger partial charge is 0.400 e. The maximum atomic E-state index is 11.8. The molecule has 1 saturated carbocycles. The molecule has 4 heteroatoms. The zero-order valence-corrected chi connectivity index (χ0v) is 16.2. The number of aliphatic hydroxyl groups is 1. The van der Waals surface area contributed by atoms with Crippen molar-refractivity contribution >= 4 is 7.12 Å².